The fourth-order valence-electron chi connectivity index (χ4n) is 1.44. The summed E-state index contributed by atoms with van der Waals surface area (Å²) >= 11 is 0. The number of rotatable bonds is 9. The third-order valence-corrected chi connectivity index (χ3v) is 2.39. The second-order valence-electron chi connectivity index (χ2n) is 3.86. The van der Waals surface area contributed by atoms with E-state index in [0.29, 0.717) is 6.61 Å². The minimum atomic E-state index is -0.443. The Hall–Kier alpha value is -1.34. The van der Waals surface area contributed by atoms with Crippen LogP contribution in [0.2, 0.25) is 0 Å². The van der Waals surface area contributed by atoms with Crippen LogP contribution in [0.3, 0.4) is 0 Å². The molecule has 0 saturated carbocycles. The van der Waals surface area contributed by atoms with Gasteiger partial charge in [-0.1, -0.05) is 32.8 Å². The van der Waals surface area contributed by atoms with E-state index in [9.17, 15) is 4.79 Å². The van der Waals surface area contributed by atoms with Crippen molar-refractivity contribution >= 4 is 5.91 Å². The predicted molar refractivity (Wildman–Crippen MR) is 67.1 cm³/mol. The third kappa shape index (κ3) is 7.53. The molecule has 1 N–H and O–H groups in total. The maximum absolute atomic E-state index is 11.4. The molecule has 4 heteroatoms. The maximum Gasteiger partial charge on any atom is 0.263 e. The molecule has 0 aromatic rings. The van der Waals surface area contributed by atoms with E-state index in [-0.39, 0.29) is 11.8 Å². The molecule has 0 aliphatic carbocycles. The lowest BCUT2D eigenvalue weighted by Crippen LogP contribution is -2.37. The molecular weight excluding hydrogens is 216 g/mol. The quantitative estimate of drug-likeness (QED) is 0.290. The monoisotopic (exact) mass is 238 g/mol. The highest BCUT2D eigenvalue weighted by molar-refractivity contribution is 5.96. The number of amides is 1. The van der Waals surface area contributed by atoms with Gasteiger partial charge in [-0.25, -0.2) is 0 Å². The van der Waals surface area contributed by atoms with Crippen LogP contribution in [0.15, 0.2) is 12.2 Å². The Bertz CT molecular complexity index is 282. The number of nitrogens with one attached hydrogen (secondary N) is 1. The van der Waals surface area contributed by atoms with Gasteiger partial charge in [0.1, 0.15) is 17.9 Å². The average Bonchev–Trinajstić information content (AvgIpc) is 2.33. The van der Waals surface area contributed by atoms with Crippen molar-refractivity contribution in [3.63, 3.8) is 0 Å². The Labute approximate surface area is 104 Å². The molecule has 0 saturated heterocycles. The fraction of sp³-hybridized carbons (Fsp3) is 0.692. The van der Waals surface area contributed by atoms with Crippen molar-refractivity contribution in [2.45, 2.75) is 52.2 Å². The Morgan fingerprint density at radius 2 is 2.12 bits per heavy atom. The number of ether oxygens (including phenoxy) is 1. The van der Waals surface area contributed by atoms with Crippen LogP contribution in [0, 0.1) is 11.3 Å². The zero-order chi connectivity index (χ0) is 13.1. The van der Waals surface area contributed by atoms with Gasteiger partial charge in [-0.3, -0.25) is 4.79 Å². The van der Waals surface area contributed by atoms with Gasteiger partial charge in [-0.2, -0.15) is 5.26 Å². The van der Waals surface area contributed by atoms with Crippen molar-refractivity contribution < 1.29 is 9.53 Å². The van der Waals surface area contributed by atoms with Crippen molar-refractivity contribution in [1.82, 2.24) is 5.32 Å². The van der Waals surface area contributed by atoms with Gasteiger partial charge < -0.3 is 10.1 Å². The molecule has 4 nitrogen and oxygen atoms in total. The van der Waals surface area contributed by atoms with Gasteiger partial charge in [0.2, 0.25) is 0 Å². The van der Waals surface area contributed by atoms with Crippen molar-refractivity contribution in [1.29, 1.82) is 5.26 Å². The van der Waals surface area contributed by atoms with Gasteiger partial charge in [0.05, 0.1) is 0 Å². The summed E-state index contributed by atoms with van der Waals surface area (Å²) in [7, 11) is 0. The number of nitrogens with zero attached hydrogens (tertiary/aromatic N) is 1. The smallest absolute Gasteiger partial charge is 0.263 e. The summed E-state index contributed by atoms with van der Waals surface area (Å²) in [6, 6.07) is 1.73. The normalized spacial score (nSPS) is 11.6. The molecule has 1 unspecified atom stereocenters. The summed E-state index contributed by atoms with van der Waals surface area (Å²) in [5.74, 6) is -0.443. The van der Waals surface area contributed by atoms with Crippen LogP contribution in [0.1, 0.15) is 46.0 Å². The minimum Gasteiger partial charge on any atom is -0.359 e. The van der Waals surface area contributed by atoms with Crippen LogP contribution in [0.5, 0.6) is 0 Å². The first kappa shape index (κ1) is 15.7. The topological polar surface area (TPSA) is 62.1 Å². The molecule has 0 aromatic heterocycles. The molecule has 17 heavy (non-hydrogen) atoms. The van der Waals surface area contributed by atoms with E-state index in [1.165, 1.54) is 12.8 Å². The molecule has 1 atom stereocenters. The Morgan fingerprint density at radius 3 is 2.65 bits per heavy atom. The number of nitriles is 1. The molecule has 0 radical (unpaired) electrons. The van der Waals surface area contributed by atoms with Gasteiger partial charge in [0, 0.05) is 6.61 Å². The van der Waals surface area contributed by atoms with Crippen LogP contribution in [0.25, 0.3) is 0 Å². The van der Waals surface area contributed by atoms with E-state index in [1.807, 2.05) is 6.92 Å². The Kier molecular flexibility index (Phi) is 9.08. The first-order valence-corrected chi connectivity index (χ1v) is 6.17. The molecule has 0 rings (SSSR count). The van der Waals surface area contributed by atoms with Crippen molar-refractivity contribution in [2.24, 2.45) is 0 Å². The third-order valence-electron chi connectivity index (χ3n) is 2.39. The lowest BCUT2D eigenvalue weighted by molar-refractivity contribution is -0.121. The zero-order valence-electron chi connectivity index (χ0n) is 10.8. The second kappa shape index (κ2) is 9.86. The van der Waals surface area contributed by atoms with Gasteiger partial charge >= 0.3 is 0 Å². The van der Waals surface area contributed by atoms with E-state index in [1.54, 1.807) is 6.07 Å². The molecule has 0 heterocycles. The maximum atomic E-state index is 11.4. The largest absolute Gasteiger partial charge is 0.359 e. The fourth-order valence-corrected chi connectivity index (χ4v) is 1.44. The lowest BCUT2D eigenvalue weighted by atomic mass is 10.1. The van der Waals surface area contributed by atoms with E-state index >= 15 is 0 Å². The highest BCUT2D eigenvalue weighted by Crippen LogP contribution is 2.07. The van der Waals surface area contributed by atoms with Crippen molar-refractivity contribution in [3.05, 3.63) is 12.2 Å². The number of unbranched alkanes of at least 4 members (excludes halogenated alkanes) is 3. The number of hydrogen-bond acceptors (Lipinski definition) is 3. The van der Waals surface area contributed by atoms with Crippen LogP contribution in [0.4, 0.5) is 0 Å². The Balaban J connectivity index is 4.01. The molecule has 96 valence electrons. The summed E-state index contributed by atoms with van der Waals surface area (Å²) in [6.45, 7) is 7.94. The highest BCUT2D eigenvalue weighted by atomic mass is 16.5. The van der Waals surface area contributed by atoms with E-state index in [0.717, 1.165) is 19.3 Å². The average molecular weight is 238 g/mol. The summed E-state index contributed by atoms with van der Waals surface area (Å²) in [6.07, 6.45) is 4.98. The standard InChI is InChI=1S/C13H22N2O2/c1-4-6-7-8-9-12(17-5-2)15-13(16)11(3)10-14/h12H,3-9H2,1-2H3,(H,15,16). The lowest BCUT2D eigenvalue weighted by Gasteiger charge is -2.18. The molecule has 0 fully saturated rings. The SMILES string of the molecule is C=C(C#N)C(=O)NC(CCCCCC)OCC. The summed E-state index contributed by atoms with van der Waals surface area (Å²) in [4.78, 5) is 11.4. The molecular formula is C13H22N2O2. The van der Waals surface area contributed by atoms with Crippen LogP contribution < -0.4 is 5.32 Å². The summed E-state index contributed by atoms with van der Waals surface area (Å²) < 4.78 is 5.41. The molecule has 0 spiro atoms. The van der Waals surface area contributed by atoms with E-state index < -0.39 is 5.91 Å². The number of carbonyl (C=O) groups excluding carboxylic acids is 1. The molecule has 1 amide bonds. The van der Waals surface area contributed by atoms with Gasteiger partial charge in [0.15, 0.2) is 0 Å². The van der Waals surface area contributed by atoms with Crippen LogP contribution in [-0.2, 0) is 9.53 Å². The Morgan fingerprint density at radius 1 is 1.41 bits per heavy atom. The zero-order valence-corrected chi connectivity index (χ0v) is 10.8. The van der Waals surface area contributed by atoms with Crippen molar-refractivity contribution in [3.8, 4) is 6.07 Å². The first-order chi connectivity index (χ1) is 8.15. The van der Waals surface area contributed by atoms with E-state index in [4.69, 9.17) is 10.00 Å². The van der Waals surface area contributed by atoms with E-state index in [2.05, 4.69) is 18.8 Å². The summed E-state index contributed by atoms with van der Waals surface area (Å²) in [5.41, 5.74) is -0.0803. The van der Waals surface area contributed by atoms with Crippen LogP contribution >= 0.6 is 0 Å². The number of carbonyl (C=O) groups is 1. The predicted octanol–water partition coefficient (Wildman–Crippen LogP) is 2.52. The molecule has 0 bridgehead atoms. The summed E-state index contributed by atoms with van der Waals surface area (Å²) in [5, 5.41) is 11.2. The number of hydrogen-bond donors (Lipinski definition) is 1. The van der Waals surface area contributed by atoms with Gasteiger partial charge in [-0.05, 0) is 19.8 Å². The molecule has 0 aromatic carbocycles. The van der Waals surface area contributed by atoms with Crippen LogP contribution in [-0.4, -0.2) is 18.7 Å². The molecule has 0 aliphatic rings. The van der Waals surface area contributed by atoms with Gasteiger partial charge in [0.25, 0.3) is 5.91 Å². The first-order valence-electron chi connectivity index (χ1n) is 6.17. The van der Waals surface area contributed by atoms with Crippen molar-refractivity contribution in [2.75, 3.05) is 6.61 Å². The minimum absolute atomic E-state index is 0.0803. The van der Waals surface area contributed by atoms with Gasteiger partial charge in [-0.15, -0.1) is 0 Å². The second-order valence-corrected chi connectivity index (χ2v) is 3.86. The molecule has 0 aliphatic heterocycles. The highest BCUT2D eigenvalue weighted by Gasteiger charge is 2.13.